The molecule has 0 amide bonds. The maximum absolute atomic E-state index is 10.7. The molecule has 1 aliphatic heterocycles. The minimum Gasteiger partial charge on any atom is -0.747 e. The van der Waals surface area contributed by atoms with Gasteiger partial charge in [0.2, 0.25) is 0 Å². The second-order valence-electron chi connectivity index (χ2n) is 4.28. The van der Waals surface area contributed by atoms with Crippen LogP contribution in [0.2, 0.25) is 0 Å². The second kappa shape index (κ2) is 3.18. The molecule has 1 N–H and O–H groups in total. The van der Waals surface area contributed by atoms with Crippen molar-refractivity contribution in [2.45, 2.75) is 19.2 Å². The van der Waals surface area contributed by atoms with Crippen LogP contribution >= 0.6 is 0 Å². The Morgan fingerprint density at radius 3 is 2.23 bits per heavy atom. The minimum absolute atomic E-state index is 0. The van der Waals surface area contributed by atoms with Crippen LogP contribution in [0, 0.1) is 17.3 Å². The molecule has 13 heavy (non-hydrogen) atoms. The normalized spacial score (nSPS) is 40.7. The average molecular weight is 213 g/mol. The van der Waals surface area contributed by atoms with E-state index in [0.717, 1.165) is 0 Å². The van der Waals surface area contributed by atoms with Gasteiger partial charge in [0.15, 0.2) is 0 Å². The van der Waals surface area contributed by atoms with E-state index in [4.69, 9.17) is 0 Å². The number of hydrogen-bond acceptors (Lipinski definition) is 4. The van der Waals surface area contributed by atoms with Gasteiger partial charge in [-0.25, -0.2) is 8.42 Å². The molecule has 1 aliphatic carbocycles. The molecule has 3 atom stereocenters. The van der Waals surface area contributed by atoms with E-state index >= 15 is 0 Å². The Morgan fingerprint density at radius 1 is 1.46 bits per heavy atom. The smallest absolute Gasteiger partial charge is 0.747 e. The van der Waals surface area contributed by atoms with E-state index in [9.17, 15) is 13.0 Å². The van der Waals surface area contributed by atoms with Crippen LogP contribution in [0.5, 0.6) is 0 Å². The first kappa shape index (κ1) is 11.9. The van der Waals surface area contributed by atoms with Crippen molar-refractivity contribution in [1.82, 2.24) is 5.32 Å². The van der Waals surface area contributed by atoms with Gasteiger partial charge < -0.3 is 9.87 Å². The quantitative estimate of drug-likeness (QED) is 0.367. The SMILES string of the molecule is CC1(C)[C@H]2CNC(S(=O)(=O)[O-])[C@@H]21.[Na+]. The summed E-state index contributed by atoms with van der Waals surface area (Å²) in [5.41, 5.74) is 0.0490. The molecule has 0 spiro atoms. The van der Waals surface area contributed by atoms with Crippen molar-refractivity contribution in [2.24, 2.45) is 17.3 Å². The summed E-state index contributed by atoms with van der Waals surface area (Å²) in [6.07, 6.45) is 0. The van der Waals surface area contributed by atoms with E-state index in [1.165, 1.54) is 0 Å². The summed E-state index contributed by atoms with van der Waals surface area (Å²) < 4.78 is 32.2. The van der Waals surface area contributed by atoms with Crippen molar-refractivity contribution in [2.75, 3.05) is 6.54 Å². The number of fused-ring (bicyclic) bond motifs is 1. The summed E-state index contributed by atoms with van der Waals surface area (Å²) in [4.78, 5) is 0. The van der Waals surface area contributed by atoms with Crippen LogP contribution in [-0.4, -0.2) is 24.9 Å². The number of hydrogen-bond donors (Lipinski definition) is 1. The fourth-order valence-electron chi connectivity index (χ4n) is 2.43. The van der Waals surface area contributed by atoms with Crippen molar-refractivity contribution in [3.05, 3.63) is 0 Å². The fraction of sp³-hybridized carbons (Fsp3) is 1.00. The van der Waals surface area contributed by atoms with Gasteiger partial charge in [-0.15, -0.1) is 0 Å². The molecule has 0 aromatic rings. The zero-order valence-electron chi connectivity index (χ0n) is 8.07. The van der Waals surface area contributed by atoms with Crippen LogP contribution in [0.4, 0.5) is 0 Å². The zero-order chi connectivity index (χ0) is 9.15. The van der Waals surface area contributed by atoms with Crippen molar-refractivity contribution in [3.63, 3.8) is 0 Å². The standard InChI is InChI=1S/C7H13NO3S.Na/c1-7(2)4-3-8-6(5(4)7)12(9,10)11;/h4-6,8H,3H2,1-2H3,(H,9,10,11);/q;+1/p-1/t4-,5+,6?;/m0./s1. The van der Waals surface area contributed by atoms with Gasteiger partial charge in [-0.1, -0.05) is 13.8 Å². The molecule has 1 unspecified atom stereocenters. The summed E-state index contributed by atoms with van der Waals surface area (Å²) >= 11 is 0. The van der Waals surface area contributed by atoms with E-state index in [2.05, 4.69) is 5.32 Å². The van der Waals surface area contributed by atoms with Gasteiger partial charge in [-0.3, -0.25) is 0 Å². The predicted molar refractivity (Wildman–Crippen MR) is 42.2 cm³/mol. The van der Waals surface area contributed by atoms with E-state index in [1.54, 1.807) is 0 Å². The molecule has 0 radical (unpaired) electrons. The number of nitrogens with one attached hydrogen (secondary N) is 1. The molecular formula is C7H12NNaO3S. The van der Waals surface area contributed by atoms with Crippen LogP contribution in [0.3, 0.4) is 0 Å². The Morgan fingerprint density at radius 2 is 2.00 bits per heavy atom. The van der Waals surface area contributed by atoms with Crippen LogP contribution in [-0.2, 0) is 10.1 Å². The third-order valence-electron chi connectivity index (χ3n) is 3.32. The molecule has 1 heterocycles. The largest absolute Gasteiger partial charge is 1.00 e. The van der Waals surface area contributed by atoms with Gasteiger partial charge in [-0.2, -0.15) is 0 Å². The molecule has 2 aliphatic rings. The first-order valence-electron chi connectivity index (χ1n) is 4.03. The maximum Gasteiger partial charge on any atom is 1.00 e. The number of piperidine rings is 1. The van der Waals surface area contributed by atoms with Crippen LogP contribution in [0.15, 0.2) is 0 Å². The van der Waals surface area contributed by atoms with Crippen LogP contribution in [0.25, 0.3) is 0 Å². The molecule has 0 bridgehead atoms. The third kappa shape index (κ3) is 1.70. The summed E-state index contributed by atoms with van der Waals surface area (Å²) in [6, 6.07) is 0. The van der Waals surface area contributed by atoms with Gasteiger partial charge in [0.25, 0.3) is 0 Å². The second-order valence-corrected chi connectivity index (χ2v) is 5.77. The molecular weight excluding hydrogens is 201 g/mol. The Kier molecular flexibility index (Phi) is 2.92. The van der Waals surface area contributed by atoms with Crippen molar-refractivity contribution >= 4 is 10.1 Å². The Hall–Kier alpha value is 0.870. The summed E-state index contributed by atoms with van der Waals surface area (Å²) in [7, 11) is -4.14. The van der Waals surface area contributed by atoms with Gasteiger partial charge in [0, 0.05) is 6.54 Å². The Balaban J connectivity index is 0.000000845. The maximum atomic E-state index is 10.7. The predicted octanol–water partition coefficient (Wildman–Crippen LogP) is -3.26. The van der Waals surface area contributed by atoms with Gasteiger partial charge in [-0.05, 0) is 17.3 Å². The van der Waals surface area contributed by atoms with E-state index in [-0.39, 0.29) is 40.9 Å². The fourth-order valence-corrected chi connectivity index (χ4v) is 3.63. The van der Waals surface area contributed by atoms with Gasteiger partial charge in [0.05, 0.1) is 0 Å². The van der Waals surface area contributed by atoms with Gasteiger partial charge in [0.1, 0.15) is 15.5 Å². The molecule has 2 fully saturated rings. The first-order valence-corrected chi connectivity index (χ1v) is 5.50. The van der Waals surface area contributed by atoms with Gasteiger partial charge >= 0.3 is 29.6 Å². The molecule has 4 nitrogen and oxygen atoms in total. The molecule has 70 valence electrons. The zero-order valence-corrected chi connectivity index (χ0v) is 10.9. The topological polar surface area (TPSA) is 69.2 Å². The Labute approximate surface area is 101 Å². The minimum atomic E-state index is -4.14. The third-order valence-corrected chi connectivity index (χ3v) is 4.40. The van der Waals surface area contributed by atoms with E-state index in [1.807, 2.05) is 13.8 Å². The molecule has 1 saturated heterocycles. The van der Waals surface area contributed by atoms with Crippen LogP contribution < -0.4 is 34.9 Å². The molecule has 0 aromatic carbocycles. The van der Waals surface area contributed by atoms with E-state index < -0.39 is 15.5 Å². The van der Waals surface area contributed by atoms with Crippen LogP contribution in [0.1, 0.15) is 13.8 Å². The Bertz CT molecular complexity index is 314. The molecule has 6 heteroatoms. The van der Waals surface area contributed by atoms with E-state index in [0.29, 0.717) is 12.5 Å². The summed E-state index contributed by atoms with van der Waals surface area (Å²) in [5.74, 6) is 0.422. The molecule has 0 aromatic heterocycles. The first-order chi connectivity index (χ1) is 5.35. The van der Waals surface area contributed by atoms with Crippen molar-refractivity contribution < 1.29 is 42.5 Å². The van der Waals surface area contributed by atoms with Crippen molar-refractivity contribution in [3.8, 4) is 0 Å². The summed E-state index contributed by atoms with van der Waals surface area (Å²) in [6.45, 7) is 4.70. The average Bonchev–Trinajstić information content (AvgIpc) is 2.34. The number of rotatable bonds is 1. The van der Waals surface area contributed by atoms with Crippen molar-refractivity contribution in [1.29, 1.82) is 0 Å². The summed E-state index contributed by atoms with van der Waals surface area (Å²) in [5, 5.41) is 1.92. The molecule has 1 saturated carbocycles. The monoisotopic (exact) mass is 213 g/mol. The molecule has 2 rings (SSSR count).